The monoisotopic (exact) mass is 348 g/mol. The van der Waals surface area contributed by atoms with Crippen molar-refractivity contribution in [1.29, 1.82) is 0 Å². The molecule has 2 aromatic carbocycles. The van der Waals surface area contributed by atoms with Crippen LogP contribution in [0.2, 0.25) is 0 Å². The summed E-state index contributed by atoms with van der Waals surface area (Å²) in [5.41, 5.74) is -0.422. The van der Waals surface area contributed by atoms with Crippen molar-refractivity contribution in [1.82, 2.24) is 0 Å². The molecule has 20 heavy (non-hydrogen) atoms. The van der Waals surface area contributed by atoms with Crippen molar-refractivity contribution in [3.63, 3.8) is 0 Å². The molecule has 0 aliphatic carbocycles. The second-order valence-corrected chi connectivity index (χ2v) is 5.20. The Morgan fingerprint density at radius 3 is 1.90 bits per heavy atom. The summed E-state index contributed by atoms with van der Waals surface area (Å²) in [5, 5.41) is 9.87. The van der Waals surface area contributed by atoms with Crippen molar-refractivity contribution < 1.29 is 22.7 Å². The Balaban J connectivity index is 2.30. The Labute approximate surface area is 121 Å². The molecule has 0 fully saturated rings. The molecule has 0 bridgehead atoms. The standard InChI is InChI=1S/C14H9BrF4O/c15-8-4-11(18)14(12(19)5-8)13(20)3-7-1-9(16)6-10(17)2-7/h1-2,4-6,13,20H,3H2. The molecule has 0 spiro atoms. The molecule has 0 saturated heterocycles. The fraction of sp³-hybridized carbons (Fsp3) is 0.143. The predicted octanol–water partition coefficient (Wildman–Crippen LogP) is 4.28. The van der Waals surface area contributed by atoms with Gasteiger partial charge in [0.1, 0.15) is 23.3 Å². The Bertz CT molecular complexity index is 602. The number of aliphatic hydroxyl groups excluding tert-OH is 1. The van der Waals surface area contributed by atoms with Crippen LogP contribution in [0.25, 0.3) is 0 Å². The third-order valence-electron chi connectivity index (χ3n) is 2.73. The smallest absolute Gasteiger partial charge is 0.133 e. The average molecular weight is 349 g/mol. The Morgan fingerprint density at radius 2 is 1.40 bits per heavy atom. The molecule has 2 rings (SSSR count). The van der Waals surface area contributed by atoms with E-state index in [-0.39, 0.29) is 16.5 Å². The van der Waals surface area contributed by atoms with Gasteiger partial charge in [-0.1, -0.05) is 15.9 Å². The van der Waals surface area contributed by atoms with Crippen molar-refractivity contribution in [2.24, 2.45) is 0 Å². The highest BCUT2D eigenvalue weighted by Crippen LogP contribution is 2.27. The summed E-state index contributed by atoms with van der Waals surface area (Å²) in [6.45, 7) is 0. The van der Waals surface area contributed by atoms with Gasteiger partial charge in [0.05, 0.1) is 11.7 Å². The maximum Gasteiger partial charge on any atom is 0.133 e. The van der Waals surface area contributed by atoms with Crippen molar-refractivity contribution in [2.75, 3.05) is 0 Å². The molecule has 1 N–H and O–H groups in total. The van der Waals surface area contributed by atoms with Crippen LogP contribution in [-0.4, -0.2) is 5.11 Å². The van der Waals surface area contributed by atoms with Crippen LogP contribution in [0.4, 0.5) is 17.6 Å². The molecule has 0 heterocycles. The van der Waals surface area contributed by atoms with E-state index in [1.54, 1.807) is 0 Å². The first-order chi connectivity index (χ1) is 9.36. The fourth-order valence-electron chi connectivity index (χ4n) is 1.93. The van der Waals surface area contributed by atoms with Gasteiger partial charge in [-0.25, -0.2) is 17.6 Å². The van der Waals surface area contributed by atoms with Gasteiger partial charge in [-0.2, -0.15) is 0 Å². The molecule has 0 aromatic heterocycles. The highest BCUT2D eigenvalue weighted by atomic mass is 79.9. The lowest BCUT2D eigenvalue weighted by Gasteiger charge is -2.13. The SMILES string of the molecule is OC(Cc1cc(F)cc(F)c1)c1c(F)cc(Br)cc1F. The minimum absolute atomic E-state index is 0.108. The molecule has 0 saturated carbocycles. The van der Waals surface area contributed by atoms with Gasteiger partial charge >= 0.3 is 0 Å². The number of benzene rings is 2. The molecule has 1 unspecified atom stereocenters. The highest BCUT2D eigenvalue weighted by molar-refractivity contribution is 9.10. The second-order valence-electron chi connectivity index (χ2n) is 4.28. The van der Waals surface area contributed by atoms with Crippen molar-refractivity contribution in [2.45, 2.75) is 12.5 Å². The van der Waals surface area contributed by atoms with Crippen molar-refractivity contribution in [3.05, 3.63) is 69.2 Å². The zero-order valence-electron chi connectivity index (χ0n) is 10.0. The first-order valence-corrected chi connectivity index (χ1v) is 6.43. The molecule has 106 valence electrons. The minimum Gasteiger partial charge on any atom is -0.388 e. The molecule has 2 aromatic rings. The van der Waals surface area contributed by atoms with E-state index < -0.39 is 34.9 Å². The number of rotatable bonds is 3. The molecule has 0 aliphatic rings. The Morgan fingerprint density at radius 1 is 0.900 bits per heavy atom. The van der Waals surface area contributed by atoms with Crippen LogP contribution in [0.15, 0.2) is 34.8 Å². The summed E-state index contributed by atoms with van der Waals surface area (Å²) in [7, 11) is 0. The van der Waals surface area contributed by atoms with Crippen LogP contribution in [0.1, 0.15) is 17.2 Å². The maximum atomic E-state index is 13.6. The third-order valence-corrected chi connectivity index (χ3v) is 3.19. The quantitative estimate of drug-likeness (QED) is 0.820. The molecule has 0 aliphatic heterocycles. The summed E-state index contributed by atoms with van der Waals surface area (Å²) >= 11 is 2.92. The van der Waals surface area contributed by atoms with Gasteiger partial charge in [0.25, 0.3) is 0 Å². The second kappa shape index (κ2) is 5.93. The first kappa shape index (κ1) is 15.0. The molecular formula is C14H9BrF4O. The zero-order valence-corrected chi connectivity index (χ0v) is 11.6. The van der Waals surface area contributed by atoms with Gasteiger partial charge in [-0.3, -0.25) is 0 Å². The summed E-state index contributed by atoms with van der Waals surface area (Å²) in [4.78, 5) is 0. The van der Waals surface area contributed by atoms with Gasteiger partial charge in [0.2, 0.25) is 0 Å². The predicted molar refractivity (Wildman–Crippen MR) is 69.1 cm³/mol. The molecule has 0 amide bonds. The van der Waals surface area contributed by atoms with E-state index in [0.717, 1.165) is 24.3 Å². The lowest BCUT2D eigenvalue weighted by atomic mass is 10.0. The Hall–Kier alpha value is -1.40. The largest absolute Gasteiger partial charge is 0.388 e. The lowest BCUT2D eigenvalue weighted by Crippen LogP contribution is -2.08. The molecule has 1 nitrogen and oxygen atoms in total. The number of hydrogen-bond donors (Lipinski definition) is 1. The van der Waals surface area contributed by atoms with E-state index in [9.17, 15) is 22.7 Å². The zero-order chi connectivity index (χ0) is 14.9. The van der Waals surface area contributed by atoms with Crippen molar-refractivity contribution >= 4 is 15.9 Å². The van der Waals surface area contributed by atoms with Gasteiger partial charge in [-0.15, -0.1) is 0 Å². The lowest BCUT2D eigenvalue weighted by molar-refractivity contribution is 0.168. The van der Waals surface area contributed by atoms with Gasteiger partial charge < -0.3 is 5.11 Å². The van der Waals surface area contributed by atoms with Gasteiger partial charge in [-0.05, 0) is 29.8 Å². The van der Waals surface area contributed by atoms with Gasteiger partial charge in [0, 0.05) is 17.0 Å². The van der Waals surface area contributed by atoms with E-state index in [1.165, 1.54) is 0 Å². The van der Waals surface area contributed by atoms with Crippen LogP contribution in [0.5, 0.6) is 0 Å². The number of halogens is 5. The molecule has 0 radical (unpaired) electrons. The summed E-state index contributed by atoms with van der Waals surface area (Å²) < 4.78 is 53.5. The normalized spacial score (nSPS) is 12.5. The number of hydrogen-bond acceptors (Lipinski definition) is 1. The maximum absolute atomic E-state index is 13.6. The van der Waals surface area contributed by atoms with Crippen LogP contribution in [0.3, 0.4) is 0 Å². The fourth-order valence-corrected chi connectivity index (χ4v) is 2.33. The average Bonchev–Trinajstić information content (AvgIpc) is 2.25. The topological polar surface area (TPSA) is 20.2 Å². The number of aliphatic hydroxyl groups is 1. The van der Waals surface area contributed by atoms with Crippen LogP contribution in [0, 0.1) is 23.3 Å². The first-order valence-electron chi connectivity index (χ1n) is 5.64. The van der Waals surface area contributed by atoms with Crippen LogP contribution < -0.4 is 0 Å². The Kier molecular flexibility index (Phi) is 4.45. The highest BCUT2D eigenvalue weighted by Gasteiger charge is 2.19. The minimum atomic E-state index is -1.54. The van der Waals surface area contributed by atoms with E-state index >= 15 is 0 Å². The third kappa shape index (κ3) is 3.37. The van der Waals surface area contributed by atoms with Crippen LogP contribution >= 0.6 is 15.9 Å². The van der Waals surface area contributed by atoms with E-state index in [1.807, 2.05) is 0 Å². The summed E-state index contributed by atoms with van der Waals surface area (Å²) in [6, 6.07) is 4.69. The van der Waals surface area contributed by atoms with E-state index in [4.69, 9.17) is 0 Å². The van der Waals surface area contributed by atoms with E-state index in [2.05, 4.69) is 15.9 Å². The van der Waals surface area contributed by atoms with Gasteiger partial charge in [0.15, 0.2) is 0 Å². The van der Waals surface area contributed by atoms with Crippen LogP contribution in [-0.2, 0) is 6.42 Å². The van der Waals surface area contributed by atoms with Crippen molar-refractivity contribution in [3.8, 4) is 0 Å². The molecular weight excluding hydrogens is 340 g/mol. The molecule has 6 heteroatoms. The molecule has 1 atom stereocenters. The summed E-state index contributed by atoms with van der Waals surface area (Å²) in [5.74, 6) is -3.49. The summed E-state index contributed by atoms with van der Waals surface area (Å²) in [6.07, 6.45) is -1.84. The van der Waals surface area contributed by atoms with E-state index in [0.29, 0.717) is 6.07 Å².